The number of rotatable bonds is 6. The van der Waals surface area contributed by atoms with Gasteiger partial charge in [0, 0.05) is 69.5 Å². The Morgan fingerprint density at radius 1 is 1.04 bits per heavy atom. The number of anilines is 4. The monoisotopic (exact) mass is 706 g/mol. The average molecular weight is 707 g/mol. The van der Waals surface area contributed by atoms with Crippen LogP contribution in [0.15, 0.2) is 53.7 Å². The van der Waals surface area contributed by atoms with E-state index >= 15 is 0 Å². The Kier molecular flexibility index (Phi) is 8.70. The van der Waals surface area contributed by atoms with E-state index in [9.17, 15) is 19.2 Å². The number of nitrogens with one attached hydrogen (secondary N) is 1. The molecule has 1 atom stereocenters. The van der Waals surface area contributed by atoms with Crippen molar-refractivity contribution >= 4 is 41.3 Å². The first kappa shape index (κ1) is 35.0. The van der Waals surface area contributed by atoms with Crippen molar-refractivity contribution in [3.63, 3.8) is 0 Å². The summed E-state index contributed by atoms with van der Waals surface area (Å²) in [5.41, 5.74) is 5.04. The number of nitrogens with zero attached hydrogens (tertiary/aromatic N) is 7. The maximum Gasteiger partial charge on any atom is 0.410 e. The summed E-state index contributed by atoms with van der Waals surface area (Å²) in [6.07, 6.45) is 7.29. The van der Waals surface area contributed by atoms with Gasteiger partial charge in [-0.25, -0.2) is 14.8 Å². The van der Waals surface area contributed by atoms with Crippen LogP contribution >= 0.6 is 0 Å². The molecule has 6 heterocycles. The van der Waals surface area contributed by atoms with E-state index in [2.05, 4.69) is 45.5 Å². The van der Waals surface area contributed by atoms with Crippen LogP contribution in [0.2, 0.25) is 0 Å². The van der Waals surface area contributed by atoms with E-state index in [4.69, 9.17) is 4.74 Å². The van der Waals surface area contributed by atoms with Crippen LogP contribution < -0.4 is 20.7 Å². The number of ether oxygens (including phenoxy) is 1. The Morgan fingerprint density at radius 2 is 1.83 bits per heavy atom. The van der Waals surface area contributed by atoms with Gasteiger partial charge in [0.05, 0.1) is 17.4 Å². The number of carbonyl (C=O) groups excluding carboxylic acids is 3. The van der Waals surface area contributed by atoms with Crippen molar-refractivity contribution in [3.8, 4) is 11.1 Å². The van der Waals surface area contributed by atoms with Gasteiger partial charge in [-0.1, -0.05) is 13.8 Å². The summed E-state index contributed by atoms with van der Waals surface area (Å²) in [5.74, 6) is 0.594. The van der Waals surface area contributed by atoms with E-state index in [-0.39, 0.29) is 40.3 Å². The van der Waals surface area contributed by atoms with Gasteiger partial charge in [0.15, 0.2) is 6.29 Å². The van der Waals surface area contributed by atoms with Gasteiger partial charge < -0.3 is 29.0 Å². The lowest BCUT2D eigenvalue weighted by Gasteiger charge is -2.41. The van der Waals surface area contributed by atoms with E-state index in [0.29, 0.717) is 61.2 Å². The molecule has 272 valence electrons. The number of amides is 2. The lowest BCUT2D eigenvalue weighted by Crippen LogP contribution is -2.54. The fraction of sp³-hybridized carbons (Fsp3) is 0.436. The normalized spacial score (nSPS) is 18.2. The first-order valence-electron chi connectivity index (χ1n) is 17.8. The maximum absolute atomic E-state index is 13.8. The van der Waals surface area contributed by atoms with Gasteiger partial charge in [-0.15, -0.1) is 0 Å². The van der Waals surface area contributed by atoms with Crippen LogP contribution in [-0.4, -0.2) is 80.1 Å². The second kappa shape index (κ2) is 12.9. The highest BCUT2D eigenvalue weighted by molar-refractivity contribution is 6.08. The topological polar surface area (TPSA) is 135 Å². The van der Waals surface area contributed by atoms with E-state index in [1.807, 2.05) is 39.0 Å². The number of pyridine rings is 3. The van der Waals surface area contributed by atoms with Crippen molar-refractivity contribution < 1.29 is 19.1 Å². The maximum atomic E-state index is 13.8. The number of hydrogen-bond acceptors (Lipinski definition) is 9. The SMILES string of the molecule is C[C@H]1CN(C(=O)OC(C)(C)C)CCN1c1ccc(Nc2cc(-c3ccnc(N4CCn5c(cc6c5CC(C)(C)C6)C4=O)c3C=O)cn(C)c2=O)nc1. The number of aldehydes is 1. The first-order valence-corrected chi connectivity index (χ1v) is 17.8. The zero-order chi connectivity index (χ0) is 37.1. The lowest BCUT2D eigenvalue weighted by molar-refractivity contribution is 0.0218. The third-order valence-electron chi connectivity index (χ3n) is 10.1. The summed E-state index contributed by atoms with van der Waals surface area (Å²) in [6, 6.07) is 9.21. The highest BCUT2D eigenvalue weighted by Crippen LogP contribution is 2.40. The molecule has 0 saturated carbocycles. The van der Waals surface area contributed by atoms with E-state index in [1.54, 1.807) is 47.6 Å². The van der Waals surface area contributed by atoms with Crippen molar-refractivity contribution in [2.24, 2.45) is 12.5 Å². The minimum Gasteiger partial charge on any atom is -0.444 e. The number of hydrogen-bond donors (Lipinski definition) is 1. The number of fused-ring (bicyclic) bond motifs is 3. The molecule has 2 amide bonds. The molecule has 0 bridgehead atoms. The number of carbonyl (C=O) groups is 3. The summed E-state index contributed by atoms with van der Waals surface area (Å²) in [5, 5.41) is 3.16. The molecule has 0 radical (unpaired) electrons. The van der Waals surface area contributed by atoms with Gasteiger partial charge in [-0.05, 0) is 87.4 Å². The first-order chi connectivity index (χ1) is 24.6. The molecular weight excluding hydrogens is 660 g/mol. The van der Waals surface area contributed by atoms with E-state index < -0.39 is 5.60 Å². The lowest BCUT2D eigenvalue weighted by atomic mass is 9.90. The summed E-state index contributed by atoms with van der Waals surface area (Å²) in [6.45, 7) is 14.8. The second-order valence-corrected chi connectivity index (χ2v) is 15.9. The molecule has 4 aromatic rings. The molecule has 1 saturated heterocycles. The standard InChI is InChI=1S/C39H46N8O5/c1-24-21-44(37(51)52-38(2,3)4)12-13-45(24)27-8-9-33(41-20-27)42-30-16-26(22-43(7)35(30)49)28-10-11-40-34(29(28)23-48)47-15-14-46-31(36(47)50)17-25-18-39(5,6)19-32(25)46/h8-11,16-17,20,22-24H,12-15,18-19,21H2,1-7H3,(H,41,42)/t24-/m0/s1. The van der Waals surface area contributed by atoms with E-state index in [0.717, 1.165) is 24.8 Å². The van der Waals surface area contributed by atoms with Crippen LogP contribution in [0.1, 0.15) is 73.6 Å². The zero-order valence-electron chi connectivity index (χ0n) is 30.9. The molecule has 0 aromatic carbocycles. The number of piperazine rings is 1. The van der Waals surface area contributed by atoms with Gasteiger partial charge >= 0.3 is 6.09 Å². The van der Waals surface area contributed by atoms with Crippen molar-refractivity contribution in [1.29, 1.82) is 0 Å². The van der Waals surface area contributed by atoms with Crippen LogP contribution in [0.25, 0.3) is 11.1 Å². The average Bonchev–Trinajstić information content (AvgIpc) is 3.58. The highest BCUT2D eigenvalue weighted by atomic mass is 16.6. The summed E-state index contributed by atoms with van der Waals surface area (Å²) in [4.78, 5) is 67.1. The van der Waals surface area contributed by atoms with Gasteiger partial charge in [0.2, 0.25) is 0 Å². The molecule has 0 unspecified atom stereocenters. The predicted octanol–water partition coefficient (Wildman–Crippen LogP) is 5.43. The predicted molar refractivity (Wildman–Crippen MR) is 200 cm³/mol. The van der Waals surface area contributed by atoms with Gasteiger partial charge in [0.1, 0.15) is 28.6 Å². The Bertz CT molecular complexity index is 2130. The molecule has 2 aliphatic heterocycles. The smallest absolute Gasteiger partial charge is 0.410 e. The van der Waals surface area contributed by atoms with Crippen LogP contribution in [-0.2, 0) is 31.2 Å². The molecule has 3 aliphatic rings. The zero-order valence-corrected chi connectivity index (χ0v) is 30.9. The summed E-state index contributed by atoms with van der Waals surface area (Å²) >= 11 is 0. The Balaban J connectivity index is 1.10. The molecule has 4 aromatic heterocycles. The van der Waals surface area contributed by atoms with Crippen LogP contribution in [0.3, 0.4) is 0 Å². The number of aryl methyl sites for hydroxylation is 1. The third-order valence-corrected chi connectivity index (χ3v) is 10.1. The minimum atomic E-state index is -0.553. The number of aromatic nitrogens is 4. The Hall–Kier alpha value is -5.46. The van der Waals surface area contributed by atoms with Gasteiger partial charge in [-0.2, -0.15) is 0 Å². The molecule has 7 rings (SSSR count). The fourth-order valence-electron chi connectivity index (χ4n) is 7.71. The fourth-order valence-corrected chi connectivity index (χ4v) is 7.71. The molecule has 13 nitrogen and oxygen atoms in total. The second-order valence-electron chi connectivity index (χ2n) is 15.9. The largest absolute Gasteiger partial charge is 0.444 e. The summed E-state index contributed by atoms with van der Waals surface area (Å²) in [7, 11) is 1.65. The van der Waals surface area contributed by atoms with E-state index in [1.165, 1.54) is 15.8 Å². The molecule has 0 spiro atoms. The van der Waals surface area contributed by atoms with Crippen LogP contribution in [0.4, 0.5) is 27.8 Å². The molecule has 52 heavy (non-hydrogen) atoms. The highest BCUT2D eigenvalue weighted by Gasteiger charge is 2.38. The molecule has 13 heteroatoms. The molecule has 1 fully saturated rings. The Labute approximate surface area is 303 Å². The van der Waals surface area contributed by atoms with Crippen LogP contribution in [0, 0.1) is 5.41 Å². The Morgan fingerprint density at radius 3 is 2.52 bits per heavy atom. The van der Waals surface area contributed by atoms with Crippen molar-refractivity contribution in [2.45, 2.75) is 72.6 Å². The molecule has 1 aliphatic carbocycles. The van der Waals surface area contributed by atoms with Gasteiger partial charge in [-0.3, -0.25) is 19.3 Å². The van der Waals surface area contributed by atoms with Crippen molar-refractivity contribution in [2.75, 3.05) is 41.3 Å². The quantitative estimate of drug-likeness (QED) is 0.261. The van der Waals surface area contributed by atoms with Gasteiger partial charge in [0.25, 0.3) is 11.5 Å². The van der Waals surface area contributed by atoms with Crippen LogP contribution in [0.5, 0.6) is 0 Å². The molecule has 1 N–H and O–H groups in total. The summed E-state index contributed by atoms with van der Waals surface area (Å²) < 4.78 is 9.14. The van der Waals surface area contributed by atoms with Crippen molar-refractivity contribution in [1.82, 2.24) is 24.0 Å². The third kappa shape index (κ3) is 6.55. The minimum absolute atomic E-state index is 0.0435. The molecular formula is C39H46N8O5. The van der Waals surface area contributed by atoms with Crippen molar-refractivity contribution in [3.05, 3.63) is 81.8 Å².